The van der Waals surface area contributed by atoms with Crippen molar-refractivity contribution < 1.29 is 14.3 Å². The molecule has 0 fully saturated rings. The molecule has 0 aliphatic heterocycles. The lowest BCUT2D eigenvalue weighted by atomic mass is 10.1. The van der Waals surface area contributed by atoms with Gasteiger partial charge in [-0.3, -0.25) is 9.59 Å². The van der Waals surface area contributed by atoms with Crippen LogP contribution >= 0.6 is 11.6 Å². The van der Waals surface area contributed by atoms with Crippen molar-refractivity contribution in [2.75, 3.05) is 18.2 Å². The molecule has 7 heteroatoms. The maximum absolute atomic E-state index is 12.6. The summed E-state index contributed by atoms with van der Waals surface area (Å²) >= 11 is 6.00. The first-order valence-electron chi connectivity index (χ1n) is 7.97. The molecule has 138 valence electrons. The van der Waals surface area contributed by atoms with Crippen molar-refractivity contribution in [3.63, 3.8) is 0 Å². The zero-order chi connectivity index (χ0) is 19.5. The van der Waals surface area contributed by atoms with Crippen LogP contribution in [0.3, 0.4) is 0 Å². The molecule has 0 aromatic heterocycles. The van der Waals surface area contributed by atoms with Crippen LogP contribution in [0.4, 0.5) is 11.4 Å². The number of rotatable bonds is 4. The Kier molecular flexibility index (Phi) is 5.77. The Labute approximate surface area is 157 Å². The smallest absolute Gasteiger partial charge is 0.259 e. The van der Waals surface area contributed by atoms with Crippen LogP contribution in [0.2, 0.25) is 5.02 Å². The van der Waals surface area contributed by atoms with Gasteiger partial charge in [-0.2, -0.15) is 0 Å². The second-order valence-electron chi connectivity index (χ2n) is 6.81. The Morgan fingerprint density at radius 1 is 1.12 bits per heavy atom. The molecule has 0 atom stereocenters. The van der Waals surface area contributed by atoms with Gasteiger partial charge in [0.2, 0.25) is 0 Å². The summed E-state index contributed by atoms with van der Waals surface area (Å²) in [5.74, 6) is -0.329. The molecule has 2 rings (SSSR count). The van der Waals surface area contributed by atoms with E-state index in [1.54, 1.807) is 24.3 Å². The first kappa shape index (κ1) is 19.6. The van der Waals surface area contributed by atoms with Crippen LogP contribution in [0.1, 0.15) is 41.5 Å². The molecule has 2 aromatic rings. The Hall–Kier alpha value is -2.73. The number of benzene rings is 2. The minimum atomic E-state index is -0.419. The summed E-state index contributed by atoms with van der Waals surface area (Å²) in [6, 6.07) is 9.60. The average molecular weight is 376 g/mol. The summed E-state index contributed by atoms with van der Waals surface area (Å²) in [7, 11) is 1.44. The Balaban J connectivity index is 2.24. The Bertz CT molecular complexity index is 844. The third-order valence-corrected chi connectivity index (χ3v) is 3.76. The van der Waals surface area contributed by atoms with Crippen LogP contribution < -0.4 is 21.1 Å². The molecule has 0 saturated carbocycles. The molecular formula is C19H22ClN3O3. The van der Waals surface area contributed by atoms with Gasteiger partial charge in [0.05, 0.1) is 23.4 Å². The second-order valence-corrected chi connectivity index (χ2v) is 7.22. The molecule has 4 N–H and O–H groups in total. The fourth-order valence-corrected chi connectivity index (χ4v) is 2.43. The van der Waals surface area contributed by atoms with Gasteiger partial charge in [-0.1, -0.05) is 17.7 Å². The van der Waals surface area contributed by atoms with Crippen LogP contribution in [0.5, 0.6) is 5.75 Å². The third kappa shape index (κ3) is 4.89. The molecule has 2 aromatic carbocycles. The van der Waals surface area contributed by atoms with Crippen molar-refractivity contribution in [2.45, 2.75) is 26.3 Å². The third-order valence-electron chi connectivity index (χ3n) is 3.43. The summed E-state index contributed by atoms with van der Waals surface area (Å²) in [5.41, 5.74) is 6.87. The van der Waals surface area contributed by atoms with Gasteiger partial charge in [-0.05, 0) is 45.0 Å². The number of carbonyl (C=O) groups is 2. The average Bonchev–Trinajstić information content (AvgIpc) is 2.55. The summed E-state index contributed by atoms with van der Waals surface area (Å²) in [5, 5.41) is 5.87. The number of anilines is 2. The highest BCUT2D eigenvalue weighted by molar-refractivity contribution is 6.33. The second kappa shape index (κ2) is 7.66. The highest BCUT2D eigenvalue weighted by Crippen LogP contribution is 2.29. The summed E-state index contributed by atoms with van der Waals surface area (Å²) in [6.45, 7) is 5.69. The number of amides is 2. The van der Waals surface area contributed by atoms with Gasteiger partial charge in [0.1, 0.15) is 5.75 Å². The molecule has 0 aliphatic rings. The van der Waals surface area contributed by atoms with E-state index in [1.807, 2.05) is 20.8 Å². The lowest BCUT2D eigenvalue weighted by molar-refractivity contribution is 0.0918. The predicted octanol–water partition coefficient (Wildman–Crippen LogP) is 3.71. The highest BCUT2D eigenvalue weighted by Gasteiger charge is 2.18. The molecular weight excluding hydrogens is 354 g/mol. The number of hydrogen-bond acceptors (Lipinski definition) is 4. The van der Waals surface area contributed by atoms with E-state index in [1.165, 1.54) is 19.2 Å². The fraction of sp³-hybridized carbons (Fsp3) is 0.263. The van der Waals surface area contributed by atoms with Gasteiger partial charge in [0, 0.05) is 22.9 Å². The fourth-order valence-electron chi connectivity index (χ4n) is 2.26. The van der Waals surface area contributed by atoms with E-state index in [2.05, 4.69) is 10.6 Å². The molecule has 0 saturated heterocycles. The molecule has 0 spiro atoms. The minimum Gasteiger partial charge on any atom is -0.496 e. The van der Waals surface area contributed by atoms with Gasteiger partial charge >= 0.3 is 0 Å². The van der Waals surface area contributed by atoms with Crippen molar-refractivity contribution in [1.29, 1.82) is 0 Å². The monoisotopic (exact) mass is 375 g/mol. The number of halogens is 1. The molecule has 0 heterocycles. The standard InChI is InChI=1S/C19H22ClN3O3/c1-19(2,3)23-17(24)11-6-5-7-12(8-11)22-18(25)13-9-14(20)15(21)10-16(13)26-4/h5-10H,21H2,1-4H3,(H,22,25)(H,23,24). The zero-order valence-corrected chi connectivity index (χ0v) is 15.9. The van der Waals surface area contributed by atoms with E-state index in [-0.39, 0.29) is 22.0 Å². The number of ether oxygens (including phenoxy) is 1. The number of nitrogens with two attached hydrogens (primary N) is 1. The van der Waals surface area contributed by atoms with Crippen LogP contribution in [-0.2, 0) is 0 Å². The van der Waals surface area contributed by atoms with E-state index >= 15 is 0 Å². The zero-order valence-electron chi connectivity index (χ0n) is 15.1. The summed E-state index contributed by atoms with van der Waals surface area (Å²) < 4.78 is 5.19. The van der Waals surface area contributed by atoms with Gasteiger partial charge in [0.25, 0.3) is 11.8 Å². The number of hydrogen-bond donors (Lipinski definition) is 3. The van der Waals surface area contributed by atoms with Gasteiger partial charge in [-0.25, -0.2) is 0 Å². The summed E-state index contributed by atoms with van der Waals surface area (Å²) in [4.78, 5) is 24.9. The number of nitrogens with one attached hydrogen (secondary N) is 2. The lowest BCUT2D eigenvalue weighted by Crippen LogP contribution is -2.40. The highest BCUT2D eigenvalue weighted by atomic mass is 35.5. The van der Waals surface area contributed by atoms with Gasteiger partial charge in [0.15, 0.2) is 0 Å². The maximum Gasteiger partial charge on any atom is 0.259 e. The van der Waals surface area contributed by atoms with Crippen LogP contribution in [0.25, 0.3) is 0 Å². The molecule has 0 radical (unpaired) electrons. The van der Waals surface area contributed by atoms with Crippen LogP contribution in [0.15, 0.2) is 36.4 Å². The first-order chi connectivity index (χ1) is 12.1. The molecule has 26 heavy (non-hydrogen) atoms. The van der Waals surface area contributed by atoms with Crippen molar-refractivity contribution in [1.82, 2.24) is 5.32 Å². The predicted molar refractivity (Wildman–Crippen MR) is 104 cm³/mol. The molecule has 2 amide bonds. The van der Waals surface area contributed by atoms with Crippen molar-refractivity contribution in [3.8, 4) is 5.75 Å². The molecule has 6 nitrogen and oxygen atoms in total. The molecule has 0 bridgehead atoms. The molecule has 0 unspecified atom stereocenters. The van der Waals surface area contributed by atoms with Crippen LogP contribution in [0, 0.1) is 0 Å². The van der Waals surface area contributed by atoms with E-state index in [9.17, 15) is 9.59 Å². The Morgan fingerprint density at radius 2 is 1.81 bits per heavy atom. The van der Waals surface area contributed by atoms with E-state index < -0.39 is 5.91 Å². The first-order valence-corrected chi connectivity index (χ1v) is 8.35. The van der Waals surface area contributed by atoms with E-state index in [0.717, 1.165) is 0 Å². The number of methoxy groups -OCH3 is 1. The topological polar surface area (TPSA) is 93.4 Å². The minimum absolute atomic E-state index is 0.221. The normalized spacial score (nSPS) is 11.0. The lowest BCUT2D eigenvalue weighted by Gasteiger charge is -2.20. The van der Waals surface area contributed by atoms with Crippen LogP contribution in [-0.4, -0.2) is 24.5 Å². The van der Waals surface area contributed by atoms with E-state index in [4.69, 9.17) is 22.1 Å². The maximum atomic E-state index is 12.6. The van der Waals surface area contributed by atoms with E-state index in [0.29, 0.717) is 22.7 Å². The quantitative estimate of drug-likeness (QED) is 0.710. The number of carbonyl (C=O) groups excluding carboxylic acids is 2. The SMILES string of the molecule is COc1cc(N)c(Cl)cc1C(=O)Nc1cccc(C(=O)NC(C)(C)C)c1. The van der Waals surface area contributed by atoms with Crippen molar-refractivity contribution in [3.05, 3.63) is 52.5 Å². The largest absolute Gasteiger partial charge is 0.496 e. The molecule has 0 aliphatic carbocycles. The van der Waals surface area contributed by atoms with Gasteiger partial charge < -0.3 is 21.1 Å². The summed E-state index contributed by atoms with van der Waals surface area (Å²) in [6.07, 6.45) is 0. The van der Waals surface area contributed by atoms with Gasteiger partial charge in [-0.15, -0.1) is 0 Å². The van der Waals surface area contributed by atoms with Crippen molar-refractivity contribution in [2.24, 2.45) is 0 Å². The van der Waals surface area contributed by atoms with Crippen molar-refractivity contribution >= 4 is 34.8 Å². The Morgan fingerprint density at radius 3 is 2.42 bits per heavy atom. The number of nitrogen functional groups attached to an aromatic ring is 1.